The van der Waals surface area contributed by atoms with E-state index in [0.29, 0.717) is 24.4 Å². The van der Waals surface area contributed by atoms with Gasteiger partial charge in [0.15, 0.2) is 5.65 Å². The highest BCUT2D eigenvalue weighted by molar-refractivity contribution is 5.88. The fourth-order valence-electron chi connectivity index (χ4n) is 3.99. The van der Waals surface area contributed by atoms with Crippen LogP contribution in [0.1, 0.15) is 41.8 Å². The van der Waals surface area contributed by atoms with E-state index in [-0.39, 0.29) is 54.0 Å². The topological polar surface area (TPSA) is 69.2 Å². The van der Waals surface area contributed by atoms with Gasteiger partial charge in [0.05, 0.1) is 29.6 Å². The van der Waals surface area contributed by atoms with Crippen molar-refractivity contribution in [1.29, 1.82) is 0 Å². The summed E-state index contributed by atoms with van der Waals surface area (Å²) in [6.45, 7) is 2.17. The van der Waals surface area contributed by atoms with E-state index >= 15 is 0 Å². The van der Waals surface area contributed by atoms with E-state index in [1.807, 2.05) is 0 Å². The second-order valence-corrected chi connectivity index (χ2v) is 8.54. The maximum atomic E-state index is 14.5. The molecule has 0 bridgehead atoms. The molecular weight excluding hydrogens is 459 g/mol. The number of benzene rings is 1. The highest BCUT2D eigenvalue weighted by Gasteiger charge is 2.55. The second-order valence-electron chi connectivity index (χ2n) is 8.54. The molecule has 34 heavy (non-hydrogen) atoms. The lowest BCUT2D eigenvalue weighted by molar-refractivity contribution is -0.0820. The van der Waals surface area contributed by atoms with Crippen LogP contribution in [-0.4, -0.2) is 40.7 Å². The van der Waals surface area contributed by atoms with Gasteiger partial charge < -0.3 is 14.8 Å². The summed E-state index contributed by atoms with van der Waals surface area (Å²) in [6, 6.07) is 5.30. The minimum absolute atomic E-state index is 0.0200. The molecule has 1 saturated carbocycles. The zero-order valence-electron chi connectivity index (χ0n) is 18.1. The number of nitrogens with one attached hydrogen (secondary N) is 1. The average molecular weight is 480 g/mol. The number of aryl methyl sites for hydroxylation is 1. The molecule has 0 radical (unpaired) electrons. The zero-order valence-corrected chi connectivity index (χ0v) is 18.1. The van der Waals surface area contributed by atoms with Crippen LogP contribution in [0.5, 0.6) is 5.88 Å². The Morgan fingerprint density at radius 1 is 1.15 bits per heavy atom. The number of halogens is 5. The fraction of sp³-hybridized carbons (Fsp3) is 0.435. The van der Waals surface area contributed by atoms with Gasteiger partial charge in [0, 0.05) is 17.7 Å². The molecule has 180 valence electrons. The Hall–Kier alpha value is -3.08. The quantitative estimate of drug-likeness (QED) is 0.453. The number of nitrogens with zero attached hydrogens (tertiary/aromatic N) is 3. The van der Waals surface area contributed by atoms with E-state index in [2.05, 4.69) is 20.3 Å². The summed E-state index contributed by atoms with van der Waals surface area (Å²) in [6.07, 6.45) is -5.26. The van der Waals surface area contributed by atoms with Gasteiger partial charge >= 0.3 is 0 Å². The first-order valence-corrected chi connectivity index (χ1v) is 10.8. The minimum atomic E-state index is -2.95. The molecule has 1 aromatic carbocycles. The molecule has 2 aliphatic rings. The van der Waals surface area contributed by atoms with Crippen molar-refractivity contribution in [2.75, 3.05) is 18.5 Å². The van der Waals surface area contributed by atoms with Gasteiger partial charge in [0.1, 0.15) is 23.6 Å². The number of hydrogen-bond acceptors (Lipinski definition) is 6. The van der Waals surface area contributed by atoms with Gasteiger partial charge in [-0.3, -0.25) is 0 Å². The number of hydrogen-bond donors (Lipinski definition) is 1. The fourth-order valence-corrected chi connectivity index (χ4v) is 3.99. The van der Waals surface area contributed by atoms with E-state index in [0.717, 1.165) is 6.07 Å². The van der Waals surface area contributed by atoms with Crippen LogP contribution in [0.15, 0.2) is 24.3 Å². The standard InChI is InChI=1S/C23H21F5N4O2/c1-11-30-19(29-8-12-3-2-4-14(17(12)24)18(25)26)15-7-16(23(5-6-23)22(27)28)21(32-20(15)31-11)34-13-9-33-10-13/h2-4,7,13,18,22H,5-6,8-10H2,1H3,(H,29,30,31,32). The molecule has 2 aromatic heterocycles. The van der Waals surface area contributed by atoms with E-state index in [1.165, 1.54) is 12.1 Å². The van der Waals surface area contributed by atoms with Crippen molar-refractivity contribution in [1.82, 2.24) is 15.0 Å². The molecule has 0 atom stereocenters. The summed E-state index contributed by atoms with van der Waals surface area (Å²) in [5.74, 6) is -0.336. The average Bonchev–Trinajstić information content (AvgIpc) is 3.56. The molecule has 1 aliphatic carbocycles. The molecule has 0 spiro atoms. The summed E-state index contributed by atoms with van der Waals surface area (Å²) in [5, 5.41) is 3.29. The maximum Gasteiger partial charge on any atom is 0.266 e. The summed E-state index contributed by atoms with van der Waals surface area (Å²) >= 11 is 0. The Kier molecular flexibility index (Phi) is 5.75. The summed E-state index contributed by atoms with van der Waals surface area (Å²) in [4.78, 5) is 13.1. The minimum Gasteiger partial charge on any atom is -0.469 e. The van der Waals surface area contributed by atoms with Gasteiger partial charge in [-0.15, -0.1) is 0 Å². The first-order valence-electron chi connectivity index (χ1n) is 10.8. The van der Waals surface area contributed by atoms with Crippen molar-refractivity contribution >= 4 is 16.9 Å². The summed E-state index contributed by atoms with van der Waals surface area (Å²) < 4.78 is 79.5. The SMILES string of the molecule is Cc1nc(NCc2cccc(C(F)F)c2F)c2cc(C3(C(F)F)CC3)c(OC3COC3)nc2n1. The third-order valence-corrected chi connectivity index (χ3v) is 6.18. The number of ether oxygens (including phenoxy) is 2. The van der Waals surface area contributed by atoms with E-state index in [9.17, 15) is 22.0 Å². The highest BCUT2D eigenvalue weighted by Crippen LogP contribution is 2.55. The van der Waals surface area contributed by atoms with Crippen molar-refractivity contribution in [3.63, 3.8) is 0 Å². The number of fused-ring (bicyclic) bond motifs is 1. The molecule has 1 saturated heterocycles. The number of alkyl halides is 4. The lowest BCUT2D eigenvalue weighted by Gasteiger charge is -2.28. The first kappa shape index (κ1) is 22.7. The van der Waals surface area contributed by atoms with Crippen molar-refractivity contribution in [3.8, 4) is 5.88 Å². The Morgan fingerprint density at radius 2 is 1.91 bits per heavy atom. The molecule has 11 heteroatoms. The number of anilines is 1. The van der Waals surface area contributed by atoms with Crippen molar-refractivity contribution in [2.24, 2.45) is 0 Å². The van der Waals surface area contributed by atoms with Crippen LogP contribution in [0.3, 0.4) is 0 Å². The summed E-state index contributed by atoms with van der Waals surface area (Å²) in [5.41, 5.74) is -1.54. The predicted molar refractivity (Wildman–Crippen MR) is 113 cm³/mol. The monoisotopic (exact) mass is 480 g/mol. The largest absolute Gasteiger partial charge is 0.469 e. The van der Waals surface area contributed by atoms with Crippen LogP contribution in [0, 0.1) is 12.7 Å². The van der Waals surface area contributed by atoms with Gasteiger partial charge in [-0.05, 0) is 25.8 Å². The van der Waals surface area contributed by atoms with Crippen LogP contribution in [0.2, 0.25) is 0 Å². The molecule has 0 amide bonds. The lowest BCUT2D eigenvalue weighted by atomic mass is 9.96. The summed E-state index contributed by atoms with van der Waals surface area (Å²) in [7, 11) is 0. The molecule has 1 N–H and O–H groups in total. The van der Waals surface area contributed by atoms with Crippen LogP contribution < -0.4 is 10.1 Å². The molecule has 6 nitrogen and oxygen atoms in total. The van der Waals surface area contributed by atoms with Gasteiger partial charge in [0.25, 0.3) is 6.43 Å². The van der Waals surface area contributed by atoms with E-state index in [1.54, 1.807) is 13.0 Å². The van der Waals surface area contributed by atoms with Crippen molar-refractivity contribution in [3.05, 3.63) is 52.6 Å². The Balaban J connectivity index is 1.54. The number of pyridine rings is 1. The highest BCUT2D eigenvalue weighted by atomic mass is 19.3. The zero-order chi connectivity index (χ0) is 24.0. The Bertz CT molecular complexity index is 1230. The third kappa shape index (κ3) is 4.02. The number of rotatable bonds is 8. The molecule has 2 fully saturated rings. The van der Waals surface area contributed by atoms with Gasteiger partial charge in [-0.25, -0.2) is 31.9 Å². The van der Waals surface area contributed by atoms with Gasteiger partial charge in [-0.2, -0.15) is 4.98 Å². The van der Waals surface area contributed by atoms with Crippen molar-refractivity contribution < 1.29 is 31.4 Å². The maximum absolute atomic E-state index is 14.5. The van der Waals surface area contributed by atoms with Crippen LogP contribution >= 0.6 is 0 Å². The molecular formula is C23H21F5N4O2. The van der Waals surface area contributed by atoms with Gasteiger partial charge in [0.2, 0.25) is 12.3 Å². The molecule has 3 heterocycles. The van der Waals surface area contributed by atoms with Crippen LogP contribution in [0.25, 0.3) is 11.0 Å². The van der Waals surface area contributed by atoms with E-state index in [4.69, 9.17) is 9.47 Å². The second kappa shape index (κ2) is 8.61. The normalized spacial score (nSPS) is 17.3. The van der Waals surface area contributed by atoms with Crippen molar-refractivity contribution in [2.45, 2.75) is 50.7 Å². The smallest absolute Gasteiger partial charge is 0.266 e. The number of aromatic nitrogens is 3. The predicted octanol–water partition coefficient (Wildman–Crippen LogP) is 5.10. The first-order chi connectivity index (χ1) is 16.3. The van der Waals surface area contributed by atoms with Crippen LogP contribution in [0.4, 0.5) is 27.8 Å². The van der Waals surface area contributed by atoms with E-state index < -0.39 is 29.6 Å². The lowest BCUT2D eigenvalue weighted by Crippen LogP contribution is -2.39. The molecule has 3 aromatic rings. The van der Waals surface area contributed by atoms with Crippen LogP contribution in [-0.2, 0) is 16.7 Å². The third-order valence-electron chi connectivity index (χ3n) is 6.18. The van der Waals surface area contributed by atoms with Gasteiger partial charge in [-0.1, -0.05) is 18.2 Å². The Labute approximate surface area is 191 Å². The molecule has 1 aliphatic heterocycles. The molecule has 0 unspecified atom stereocenters. The Morgan fingerprint density at radius 3 is 2.53 bits per heavy atom. The molecule has 5 rings (SSSR count).